The summed E-state index contributed by atoms with van der Waals surface area (Å²) in [6.07, 6.45) is 10.7. The van der Waals surface area contributed by atoms with Crippen molar-refractivity contribution in [3.63, 3.8) is 0 Å². The van der Waals surface area contributed by atoms with Gasteiger partial charge >= 0.3 is 0 Å². The predicted molar refractivity (Wildman–Crippen MR) is 90.8 cm³/mol. The van der Waals surface area contributed by atoms with Crippen molar-refractivity contribution >= 4 is 5.69 Å². The number of nitrogens with one attached hydrogen (secondary N) is 2. The molecule has 2 heteroatoms. The molecule has 1 aromatic rings. The minimum absolute atomic E-state index is 0.659. The summed E-state index contributed by atoms with van der Waals surface area (Å²) in [4.78, 5) is 0. The van der Waals surface area contributed by atoms with Crippen LogP contribution in [0.2, 0.25) is 0 Å². The second-order valence-corrected chi connectivity index (χ2v) is 6.85. The van der Waals surface area contributed by atoms with Gasteiger partial charge in [-0.15, -0.1) is 0 Å². The van der Waals surface area contributed by atoms with Gasteiger partial charge in [0.2, 0.25) is 0 Å². The lowest BCUT2D eigenvalue weighted by Gasteiger charge is -2.36. The van der Waals surface area contributed by atoms with Gasteiger partial charge in [-0.25, -0.2) is 0 Å². The molecule has 2 nitrogen and oxygen atoms in total. The molecular weight excluding hydrogens is 256 g/mol. The highest BCUT2D eigenvalue weighted by atomic mass is 15.0. The molecule has 2 N–H and O–H groups in total. The molecule has 116 valence electrons. The van der Waals surface area contributed by atoms with Gasteiger partial charge in [-0.1, -0.05) is 38.3 Å². The Hall–Kier alpha value is -1.02. The molecule has 1 saturated heterocycles. The number of hydrogen-bond donors (Lipinski definition) is 2. The Morgan fingerprint density at radius 1 is 1.05 bits per heavy atom. The van der Waals surface area contributed by atoms with Crippen molar-refractivity contribution in [2.45, 2.75) is 70.4 Å². The van der Waals surface area contributed by atoms with Crippen LogP contribution < -0.4 is 10.6 Å². The third-order valence-electron chi connectivity index (χ3n) is 5.28. The Labute approximate surface area is 129 Å². The van der Waals surface area contributed by atoms with Gasteiger partial charge < -0.3 is 10.6 Å². The average molecular weight is 286 g/mol. The summed E-state index contributed by atoms with van der Waals surface area (Å²) in [5, 5.41) is 7.57. The SMILES string of the molecule is CCCc1ccc(NC2CCCCC2C2CCCN2)cc1. The third-order valence-corrected chi connectivity index (χ3v) is 5.28. The van der Waals surface area contributed by atoms with E-state index >= 15 is 0 Å². The van der Waals surface area contributed by atoms with Crippen molar-refractivity contribution in [3.05, 3.63) is 29.8 Å². The summed E-state index contributed by atoms with van der Waals surface area (Å²) < 4.78 is 0. The summed E-state index contributed by atoms with van der Waals surface area (Å²) in [6.45, 7) is 3.47. The van der Waals surface area contributed by atoms with Gasteiger partial charge in [0.05, 0.1) is 0 Å². The lowest BCUT2D eigenvalue weighted by atomic mass is 9.79. The smallest absolute Gasteiger partial charge is 0.0342 e. The van der Waals surface area contributed by atoms with Crippen molar-refractivity contribution in [3.8, 4) is 0 Å². The van der Waals surface area contributed by atoms with Crippen LogP contribution in [0.1, 0.15) is 57.4 Å². The van der Waals surface area contributed by atoms with Crippen LogP contribution in [-0.4, -0.2) is 18.6 Å². The average Bonchev–Trinajstić information content (AvgIpc) is 3.04. The predicted octanol–water partition coefficient (Wildman–Crippen LogP) is 4.36. The zero-order valence-corrected chi connectivity index (χ0v) is 13.4. The fraction of sp³-hybridized carbons (Fsp3) is 0.684. The largest absolute Gasteiger partial charge is 0.382 e. The van der Waals surface area contributed by atoms with Crippen molar-refractivity contribution < 1.29 is 0 Å². The number of rotatable bonds is 5. The summed E-state index contributed by atoms with van der Waals surface area (Å²) >= 11 is 0. The quantitative estimate of drug-likeness (QED) is 0.840. The Morgan fingerprint density at radius 2 is 1.86 bits per heavy atom. The fourth-order valence-corrected chi connectivity index (χ4v) is 4.17. The van der Waals surface area contributed by atoms with Crippen LogP contribution in [-0.2, 0) is 6.42 Å². The van der Waals surface area contributed by atoms with Crippen LogP contribution in [0.25, 0.3) is 0 Å². The molecule has 0 amide bonds. The first-order valence-corrected chi connectivity index (χ1v) is 8.95. The molecule has 0 aromatic heterocycles. The van der Waals surface area contributed by atoms with E-state index in [1.165, 1.54) is 69.2 Å². The zero-order chi connectivity index (χ0) is 14.5. The van der Waals surface area contributed by atoms with Crippen molar-refractivity contribution in [2.75, 3.05) is 11.9 Å². The molecule has 1 aliphatic carbocycles. The van der Waals surface area contributed by atoms with Crippen LogP contribution in [0.3, 0.4) is 0 Å². The molecule has 21 heavy (non-hydrogen) atoms. The Morgan fingerprint density at radius 3 is 2.57 bits per heavy atom. The monoisotopic (exact) mass is 286 g/mol. The van der Waals surface area contributed by atoms with Gasteiger partial charge in [0.15, 0.2) is 0 Å². The second kappa shape index (κ2) is 7.31. The second-order valence-electron chi connectivity index (χ2n) is 6.85. The van der Waals surface area contributed by atoms with Crippen molar-refractivity contribution in [1.29, 1.82) is 0 Å². The van der Waals surface area contributed by atoms with Crippen LogP contribution in [0.4, 0.5) is 5.69 Å². The van der Waals surface area contributed by atoms with E-state index in [2.05, 4.69) is 41.8 Å². The summed E-state index contributed by atoms with van der Waals surface area (Å²) in [6, 6.07) is 10.5. The first-order valence-electron chi connectivity index (χ1n) is 8.95. The van der Waals surface area contributed by atoms with Crippen LogP contribution >= 0.6 is 0 Å². The minimum atomic E-state index is 0.659. The number of benzene rings is 1. The molecule has 1 aliphatic heterocycles. The maximum absolute atomic E-state index is 3.84. The third kappa shape index (κ3) is 3.79. The fourth-order valence-electron chi connectivity index (χ4n) is 4.17. The van der Waals surface area contributed by atoms with Crippen molar-refractivity contribution in [1.82, 2.24) is 5.32 Å². The van der Waals surface area contributed by atoms with E-state index < -0.39 is 0 Å². The molecule has 3 rings (SSSR count). The lowest BCUT2D eigenvalue weighted by Crippen LogP contribution is -2.43. The topological polar surface area (TPSA) is 24.1 Å². The normalized spacial score (nSPS) is 29.5. The highest BCUT2D eigenvalue weighted by Crippen LogP contribution is 2.32. The van der Waals surface area contributed by atoms with E-state index in [-0.39, 0.29) is 0 Å². The van der Waals surface area contributed by atoms with Gasteiger partial charge in [0.25, 0.3) is 0 Å². The standard InChI is InChI=1S/C19H30N2/c1-2-6-15-10-12-16(13-11-15)21-19-8-4-3-7-17(19)18-9-5-14-20-18/h10-13,17-21H,2-9,14H2,1H3. The summed E-state index contributed by atoms with van der Waals surface area (Å²) in [5.41, 5.74) is 2.77. The van der Waals surface area contributed by atoms with E-state index in [4.69, 9.17) is 0 Å². The Kier molecular flexibility index (Phi) is 5.18. The Balaban J connectivity index is 1.63. The maximum Gasteiger partial charge on any atom is 0.0342 e. The van der Waals surface area contributed by atoms with Gasteiger partial charge in [-0.2, -0.15) is 0 Å². The molecule has 0 bridgehead atoms. The van der Waals surface area contributed by atoms with Crippen LogP contribution in [0.15, 0.2) is 24.3 Å². The van der Waals surface area contributed by atoms with Gasteiger partial charge in [-0.05, 0) is 62.3 Å². The van der Waals surface area contributed by atoms with Crippen LogP contribution in [0.5, 0.6) is 0 Å². The summed E-state index contributed by atoms with van der Waals surface area (Å²) in [5.74, 6) is 0.816. The molecular formula is C19H30N2. The lowest BCUT2D eigenvalue weighted by molar-refractivity contribution is 0.263. The molecule has 2 aliphatic rings. The zero-order valence-electron chi connectivity index (χ0n) is 13.4. The molecule has 0 spiro atoms. The molecule has 1 heterocycles. The first kappa shape index (κ1) is 14.9. The van der Waals surface area contributed by atoms with Crippen molar-refractivity contribution in [2.24, 2.45) is 5.92 Å². The molecule has 1 saturated carbocycles. The van der Waals surface area contributed by atoms with Gasteiger partial charge in [-0.3, -0.25) is 0 Å². The van der Waals surface area contributed by atoms with E-state index in [0.29, 0.717) is 6.04 Å². The van der Waals surface area contributed by atoms with Gasteiger partial charge in [0, 0.05) is 17.8 Å². The number of aryl methyl sites for hydroxylation is 1. The molecule has 1 aromatic carbocycles. The number of anilines is 1. The van der Waals surface area contributed by atoms with E-state index in [0.717, 1.165) is 12.0 Å². The van der Waals surface area contributed by atoms with E-state index in [1.54, 1.807) is 0 Å². The first-order chi connectivity index (χ1) is 10.4. The van der Waals surface area contributed by atoms with E-state index in [1.807, 2.05) is 0 Å². The summed E-state index contributed by atoms with van der Waals surface area (Å²) in [7, 11) is 0. The maximum atomic E-state index is 3.84. The van der Waals surface area contributed by atoms with E-state index in [9.17, 15) is 0 Å². The highest BCUT2D eigenvalue weighted by Gasteiger charge is 2.33. The number of hydrogen-bond acceptors (Lipinski definition) is 2. The minimum Gasteiger partial charge on any atom is -0.382 e. The highest BCUT2D eigenvalue weighted by molar-refractivity contribution is 5.45. The van der Waals surface area contributed by atoms with Gasteiger partial charge in [0.1, 0.15) is 0 Å². The van der Waals surface area contributed by atoms with Crippen LogP contribution in [0, 0.1) is 5.92 Å². The Bertz CT molecular complexity index is 420. The molecule has 3 unspecified atom stereocenters. The molecule has 2 fully saturated rings. The molecule has 0 radical (unpaired) electrons. The molecule has 3 atom stereocenters.